The molecule has 2 heterocycles. The number of H-pyrrole nitrogens is 1. The van der Waals surface area contributed by atoms with Crippen LogP contribution in [0.4, 0.5) is 0 Å². The monoisotopic (exact) mass is 345 g/mol. The average molecular weight is 346 g/mol. The normalized spacial score (nSPS) is 19.3. The molecule has 0 atom stereocenters. The molecule has 0 unspecified atom stereocenters. The number of amides is 1. The fraction of sp³-hybridized carbons (Fsp3) is 0.529. The standard InChI is InChI=1S/C17H20ClN5O/c18-15-5-4-13(10-14(15)16-19-21-22-20-16)17(24)23-8-6-12(7-9-23)11-2-1-3-11/h4-5,10-12H,1-3,6-9H2,(H,19,20,21,22). The maximum atomic E-state index is 12.8. The summed E-state index contributed by atoms with van der Waals surface area (Å²) in [5.41, 5.74) is 1.25. The second-order valence-electron chi connectivity index (χ2n) is 6.75. The second-order valence-corrected chi connectivity index (χ2v) is 7.16. The minimum atomic E-state index is 0.0588. The summed E-state index contributed by atoms with van der Waals surface area (Å²) in [6.45, 7) is 1.69. The summed E-state index contributed by atoms with van der Waals surface area (Å²) in [4.78, 5) is 14.8. The molecule has 1 saturated carbocycles. The topological polar surface area (TPSA) is 74.8 Å². The van der Waals surface area contributed by atoms with E-state index >= 15 is 0 Å². The first-order chi connectivity index (χ1) is 11.7. The van der Waals surface area contributed by atoms with Crippen LogP contribution in [-0.4, -0.2) is 44.5 Å². The Kier molecular flexibility index (Phi) is 4.22. The van der Waals surface area contributed by atoms with Crippen LogP contribution in [0.2, 0.25) is 5.02 Å². The van der Waals surface area contributed by atoms with E-state index in [0.29, 0.717) is 22.0 Å². The van der Waals surface area contributed by atoms with Gasteiger partial charge < -0.3 is 4.90 Å². The van der Waals surface area contributed by atoms with Crippen molar-refractivity contribution in [3.63, 3.8) is 0 Å². The van der Waals surface area contributed by atoms with E-state index in [-0.39, 0.29) is 5.91 Å². The fourth-order valence-electron chi connectivity index (χ4n) is 3.77. The molecule has 24 heavy (non-hydrogen) atoms. The summed E-state index contributed by atoms with van der Waals surface area (Å²) in [6.07, 6.45) is 6.39. The number of rotatable bonds is 3. The molecule has 1 aliphatic heterocycles. The minimum Gasteiger partial charge on any atom is -0.339 e. The number of hydrogen-bond donors (Lipinski definition) is 1. The highest BCUT2D eigenvalue weighted by molar-refractivity contribution is 6.33. The van der Waals surface area contributed by atoms with Gasteiger partial charge in [0.2, 0.25) is 5.82 Å². The van der Waals surface area contributed by atoms with Crippen LogP contribution in [0, 0.1) is 11.8 Å². The van der Waals surface area contributed by atoms with Crippen LogP contribution in [0.15, 0.2) is 18.2 Å². The lowest BCUT2D eigenvalue weighted by Crippen LogP contribution is -2.41. The van der Waals surface area contributed by atoms with Crippen molar-refractivity contribution in [2.45, 2.75) is 32.1 Å². The number of piperidine rings is 1. The minimum absolute atomic E-state index is 0.0588. The molecule has 2 aromatic rings. The molecule has 2 aliphatic rings. The third-order valence-electron chi connectivity index (χ3n) is 5.44. The average Bonchev–Trinajstić information content (AvgIpc) is 3.08. The molecule has 1 N–H and O–H groups in total. The van der Waals surface area contributed by atoms with Gasteiger partial charge in [-0.1, -0.05) is 30.9 Å². The largest absolute Gasteiger partial charge is 0.339 e. The van der Waals surface area contributed by atoms with Crippen molar-refractivity contribution in [3.05, 3.63) is 28.8 Å². The molecule has 1 aromatic heterocycles. The number of benzene rings is 1. The number of carbonyl (C=O) groups is 1. The lowest BCUT2D eigenvalue weighted by atomic mass is 9.72. The van der Waals surface area contributed by atoms with Gasteiger partial charge in [-0.2, -0.15) is 5.21 Å². The van der Waals surface area contributed by atoms with Crippen LogP contribution >= 0.6 is 11.6 Å². The third kappa shape index (κ3) is 2.90. The number of halogens is 1. The summed E-state index contributed by atoms with van der Waals surface area (Å²) in [5, 5.41) is 14.4. The van der Waals surface area contributed by atoms with Gasteiger partial charge in [-0.15, -0.1) is 10.2 Å². The van der Waals surface area contributed by atoms with Crippen LogP contribution in [0.1, 0.15) is 42.5 Å². The highest BCUT2D eigenvalue weighted by Crippen LogP contribution is 2.38. The van der Waals surface area contributed by atoms with Crippen molar-refractivity contribution in [2.75, 3.05) is 13.1 Å². The molecule has 126 valence electrons. The van der Waals surface area contributed by atoms with Crippen LogP contribution < -0.4 is 0 Å². The lowest BCUT2D eigenvalue weighted by Gasteiger charge is -2.39. The number of aromatic nitrogens is 4. The van der Waals surface area contributed by atoms with E-state index in [1.165, 1.54) is 19.3 Å². The predicted molar refractivity (Wildman–Crippen MR) is 90.6 cm³/mol. The summed E-state index contributed by atoms with van der Waals surface area (Å²) in [5.74, 6) is 2.17. The first kappa shape index (κ1) is 15.6. The molecular weight excluding hydrogens is 326 g/mol. The smallest absolute Gasteiger partial charge is 0.253 e. The van der Waals surface area contributed by atoms with E-state index < -0.39 is 0 Å². The molecule has 1 amide bonds. The maximum Gasteiger partial charge on any atom is 0.253 e. The Labute approximate surface area is 145 Å². The van der Waals surface area contributed by atoms with E-state index in [0.717, 1.165) is 37.8 Å². The van der Waals surface area contributed by atoms with Crippen molar-refractivity contribution in [1.29, 1.82) is 0 Å². The van der Waals surface area contributed by atoms with E-state index in [4.69, 9.17) is 11.6 Å². The SMILES string of the molecule is O=C(c1ccc(Cl)c(-c2nn[nH]n2)c1)N1CCC(C2CCC2)CC1. The first-order valence-electron chi connectivity index (χ1n) is 8.55. The molecule has 4 rings (SSSR count). The van der Waals surface area contributed by atoms with Gasteiger partial charge in [0, 0.05) is 24.2 Å². The van der Waals surface area contributed by atoms with Crippen molar-refractivity contribution >= 4 is 17.5 Å². The van der Waals surface area contributed by atoms with Gasteiger partial charge in [0.25, 0.3) is 5.91 Å². The van der Waals surface area contributed by atoms with E-state index in [9.17, 15) is 4.79 Å². The van der Waals surface area contributed by atoms with Crippen LogP contribution in [-0.2, 0) is 0 Å². The Morgan fingerprint density at radius 1 is 1.17 bits per heavy atom. The van der Waals surface area contributed by atoms with Gasteiger partial charge in [-0.25, -0.2) is 0 Å². The summed E-state index contributed by atoms with van der Waals surface area (Å²) < 4.78 is 0. The number of likely N-dealkylation sites (tertiary alicyclic amines) is 1. The zero-order valence-corrected chi connectivity index (χ0v) is 14.2. The van der Waals surface area contributed by atoms with Crippen molar-refractivity contribution in [3.8, 4) is 11.4 Å². The molecule has 0 radical (unpaired) electrons. The highest BCUT2D eigenvalue weighted by atomic mass is 35.5. The number of aromatic amines is 1. The summed E-state index contributed by atoms with van der Waals surface area (Å²) in [6, 6.07) is 5.25. The van der Waals surface area contributed by atoms with Crippen LogP contribution in [0.5, 0.6) is 0 Å². The van der Waals surface area contributed by atoms with Crippen molar-refractivity contribution < 1.29 is 4.79 Å². The van der Waals surface area contributed by atoms with Crippen LogP contribution in [0.25, 0.3) is 11.4 Å². The third-order valence-corrected chi connectivity index (χ3v) is 5.77. The predicted octanol–water partition coefficient (Wildman–Crippen LogP) is 3.17. The fourth-order valence-corrected chi connectivity index (χ4v) is 3.98. The molecule has 1 aromatic carbocycles. The molecule has 2 fully saturated rings. The molecule has 7 heteroatoms. The number of nitrogens with zero attached hydrogens (tertiary/aromatic N) is 4. The van der Waals surface area contributed by atoms with Gasteiger partial charge in [0.1, 0.15) is 0 Å². The zero-order valence-electron chi connectivity index (χ0n) is 13.4. The molecule has 6 nitrogen and oxygen atoms in total. The Morgan fingerprint density at radius 3 is 2.54 bits per heavy atom. The van der Waals surface area contributed by atoms with Gasteiger partial charge in [0.05, 0.1) is 5.02 Å². The zero-order chi connectivity index (χ0) is 16.5. The van der Waals surface area contributed by atoms with Crippen molar-refractivity contribution in [2.24, 2.45) is 11.8 Å². The van der Waals surface area contributed by atoms with Crippen molar-refractivity contribution in [1.82, 2.24) is 25.5 Å². The van der Waals surface area contributed by atoms with E-state index in [1.54, 1.807) is 18.2 Å². The number of tetrazole rings is 1. The number of nitrogens with one attached hydrogen (secondary N) is 1. The molecule has 0 spiro atoms. The Bertz CT molecular complexity index is 721. The second kappa shape index (κ2) is 6.51. The number of carbonyl (C=O) groups excluding carboxylic acids is 1. The molecular formula is C17H20ClN5O. The summed E-state index contributed by atoms with van der Waals surface area (Å²) >= 11 is 6.21. The Balaban J connectivity index is 1.48. The van der Waals surface area contributed by atoms with Crippen LogP contribution in [0.3, 0.4) is 0 Å². The van der Waals surface area contributed by atoms with Gasteiger partial charge in [-0.05, 0) is 48.1 Å². The summed E-state index contributed by atoms with van der Waals surface area (Å²) in [7, 11) is 0. The van der Waals surface area contributed by atoms with E-state index in [1.807, 2.05) is 4.90 Å². The van der Waals surface area contributed by atoms with E-state index in [2.05, 4.69) is 20.6 Å². The Morgan fingerprint density at radius 2 is 1.92 bits per heavy atom. The lowest BCUT2D eigenvalue weighted by molar-refractivity contribution is 0.0609. The quantitative estimate of drug-likeness (QED) is 0.927. The van der Waals surface area contributed by atoms with Gasteiger partial charge >= 0.3 is 0 Å². The van der Waals surface area contributed by atoms with Gasteiger partial charge in [-0.3, -0.25) is 4.79 Å². The highest BCUT2D eigenvalue weighted by Gasteiger charge is 2.31. The Hall–Kier alpha value is -1.95. The number of hydrogen-bond acceptors (Lipinski definition) is 4. The molecule has 0 bridgehead atoms. The van der Waals surface area contributed by atoms with Gasteiger partial charge in [0.15, 0.2) is 0 Å². The molecule has 1 aliphatic carbocycles. The molecule has 1 saturated heterocycles. The first-order valence-corrected chi connectivity index (χ1v) is 8.93. The maximum absolute atomic E-state index is 12.8.